The standard InChI is InChI=1S/C17H22N3O/c1-12-13(2)20(11-10-19-8-3-4-9-19)15-7-5-6-14(16(12)15)17(18)21/h5,7H,3-4,8-11H2,1-2H3,(H2,18,21). The van der Waals surface area contributed by atoms with Crippen LogP contribution in [0.2, 0.25) is 0 Å². The van der Waals surface area contributed by atoms with Gasteiger partial charge in [-0.25, -0.2) is 0 Å². The third-order valence-electron chi connectivity index (χ3n) is 4.67. The molecule has 1 aromatic carbocycles. The first-order valence-corrected chi connectivity index (χ1v) is 7.62. The second-order valence-electron chi connectivity index (χ2n) is 5.89. The van der Waals surface area contributed by atoms with Crippen molar-refractivity contribution in [3.8, 4) is 0 Å². The van der Waals surface area contributed by atoms with Gasteiger partial charge < -0.3 is 15.2 Å². The average Bonchev–Trinajstić information content (AvgIpc) is 3.06. The molecule has 1 fully saturated rings. The molecule has 2 heterocycles. The molecule has 21 heavy (non-hydrogen) atoms. The third-order valence-corrected chi connectivity index (χ3v) is 4.67. The van der Waals surface area contributed by atoms with Gasteiger partial charge in [-0.2, -0.15) is 0 Å². The summed E-state index contributed by atoms with van der Waals surface area (Å²) in [5, 5.41) is 0.962. The first-order valence-electron chi connectivity index (χ1n) is 7.62. The molecule has 0 unspecified atom stereocenters. The largest absolute Gasteiger partial charge is 0.366 e. The lowest BCUT2D eigenvalue weighted by Crippen LogP contribution is -2.24. The Hall–Kier alpha value is -1.81. The molecule has 1 radical (unpaired) electrons. The van der Waals surface area contributed by atoms with E-state index in [1.807, 2.05) is 6.07 Å². The second-order valence-corrected chi connectivity index (χ2v) is 5.89. The molecule has 0 spiro atoms. The minimum absolute atomic E-state index is 0.402. The van der Waals surface area contributed by atoms with Crippen LogP contribution in [-0.2, 0) is 6.54 Å². The van der Waals surface area contributed by atoms with Crippen LogP contribution in [0.25, 0.3) is 10.9 Å². The maximum Gasteiger partial charge on any atom is 0.250 e. The molecule has 0 saturated carbocycles. The highest BCUT2D eigenvalue weighted by molar-refractivity contribution is 6.07. The molecule has 1 aliphatic heterocycles. The van der Waals surface area contributed by atoms with Gasteiger partial charge in [0.2, 0.25) is 5.91 Å². The van der Waals surface area contributed by atoms with Crippen LogP contribution < -0.4 is 5.73 Å². The van der Waals surface area contributed by atoms with Gasteiger partial charge in [0.05, 0.1) is 5.56 Å². The van der Waals surface area contributed by atoms with E-state index in [0.29, 0.717) is 5.56 Å². The van der Waals surface area contributed by atoms with E-state index in [2.05, 4.69) is 29.4 Å². The van der Waals surface area contributed by atoms with E-state index >= 15 is 0 Å². The molecule has 0 atom stereocenters. The van der Waals surface area contributed by atoms with Gasteiger partial charge in [-0.3, -0.25) is 4.79 Å². The number of hydrogen-bond acceptors (Lipinski definition) is 2. The summed E-state index contributed by atoms with van der Waals surface area (Å²) in [4.78, 5) is 14.1. The normalized spacial score (nSPS) is 15.9. The van der Waals surface area contributed by atoms with Crippen LogP contribution in [0.15, 0.2) is 12.1 Å². The molecule has 0 bridgehead atoms. The molecule has 1 saturated heterocycles. The molecule has 1 aromatic heterocycles. The van der Waals surface area contributed by atoms with E-state index in [-0.39, 0.29) is 0 Å². The molecule has 2 aromatic rings. The summed E-state index contributed by atoms with van der Waals surface area (Å²) in [5.41, 5.74) is 9.45. The Morgan fingerprint density at radius 1 is 1.29 bits per heavy atom. The van der Waals surface area contributed by atoms with Crippen molar-refractivity contribution in [3.05, 3.63) is 35.0 Å². The Morgan fingerprint density at radius 3 is 2.67 bits per heavy atom. The molecular formula is C17H22N3O. The summed E-state index contributed by atoms with van der Waals surface area (Å²) in [6.07, 6.45) is 2.62. The number of rotatable bonds is 4. The molecule has 1 aliphatic rings. The second kappa shape index (κ2) is 5.53. The SMILES string of the molecule is Cc1c(C)n(CCN2CCCC2)c2cc[c]c(C(N)=O)c12. The summed E-state index contributed by atoms with van der Waals surface area (Å²) in [5.74, 6) is -0.402. The van der Waals surface area contributed by atoms with Crippen LogP contribution in [0.4, 0.5) is 0 Å². The predicted octanol–water partition coefficient (Wildman–Crippen LogP) is 2.25. The maximum absolute atomic E-state index is 11.6. The van der Waals surface area contributed by atoms with Gasteiger partial charge in [0, 0.05) is 29.7 Å². The number of amides is 1. The highest BCUT2D eigenvalue weighted by Crippen LogP contribution is 2.28. The smallest absolute Gasteiger partial charge is 0.250 e. The quantitative estimate of drug-likeness (QED) is 0.936. The summed E-state index contributed by atoms with van der Waals surface area (Å²) < 4.78 is 2.31. The number of carbonyl (C=O) groups excluding carboxylic acids is 1. The van der Waals surface area contributed by atoms with E-state index in [9.17, 15) is 4.79 Å². The Kier molecular flexibility index (Phi) is 3.72. The molecule has 2 N–H and O–H groups in total. The fraction of sp³-hybridized carbons (Fsp3) is 0.471. The van der Waals surface area contributed by atoms with E-state index in [1.165, 1.54) is 31.6 Å². The number of aromatic nitrogens is 1. The van der Waals surface area contributed by atoms with Crippen LogP contribution in [0, 0.1) is 19.9 Å². The molecular weight excluding hydrogens is 262 g/mol. The van der Waals surface area contributed by atoms with Crippen molar-refractivity contribution in [1.29, 1.82) is 0 Å². The fourth-order valence-electron chi connectivity index (χ4n) is 3.39. The summed E-state index contributed by atoms with van der Waals surface area (Å²) >= 11 is 0. The van der Waals surface area contributed by atoms with Crippen LogP contribution in [-0.4, -0.2) is 35.0 Å². The molecule has 4 heteroatoms. The first kappa shape index (κ1) is 14.1. The Morgan fingerprint density at radius 2 is 2.00 bits per heavy atom. The fourth-order valence-corrected chi connectivity index (χ4v) is 3.39. The van der Waals surface area contributed by atoms with Crippen molar-refractivity contribution in [2.75, 3.05) is 19.6 Å². The zero-order valence-corrected chi connectivity index (χ0v) is 12.8. The number of fused-ring (bicyclic) bond motifs is 1. The average molecular weight is 284 g/mol. The topological polar surface area (TPSA) is 51.3 Å². The van der Waals surface area contributed by atoms with E-state index in [1.54, 1.807) is 6.07 Å². The van der Waals surface area contributed by atoms with E-state index in [4.69, 9.17) is 5.73 Å². The highest BCUT2D eigenvalue weighted by Gasteiger charge is 2.18. The van der Waals surface area contributed by atoms with E-state index in [0.717, 1.165) is 29.6 Å². The van der Waals surface area contributed by atoms with Crippen LogP contribution in [0.5, 0.6) is 0 Å². The number of benzene rings is 1. The lowest BCUT2D eigenvalue weighted by molar-refractivity contribution is 0.100. The predicted molar refractivity (Wildman–Crippen MR) is 84.4 cm³/mol. The minimum Gasteiger partial charge on any atom is -0.366 e. The molecule has 0 aliphatic carbocycles. The van der Waals surface area contributed by atoms with Crippen molar-refractivity contribution in [2.45, 2.75) is 33.2 Å². The maximum atomic E-state index is 11.6. The molecule has 1 amide bonds. The third kappa shape index (κ3) is 2.44. The van der Waals surface area contributed by atoms with Crippen molar-refractivity contribution < 1.29 is 4.79 Å². The number of likely N-dealkylation sites (tertiary alicyclic amines) is 1. The molecule has 111 valence electrons. The Labute approximate surface area is 125 Å². The summed E-state index contributed by atoms with van der Waals surface area (Å²) in [6.45, 7) is 8.61. The summed E-state index contributed by atoms with van der Waals surface area (Å²) in [7, 11) is 0. The lowest BCUT2D eigenvalue weighted by Gasteiger charge is -2.16. The van der Waals surface area contributed by atoms with Gasteiger partial charge in [-0.05, 0) is 57.5 Å². The minimum atomic E-state index is -0.402. The first-order chi connectivity index (χ1) is 10.1. The van der Waals surface area contributed by atoms with Crippen molar-refractivity contribution in [1.82, 2.24) is 9.47 Å². The van der Waals surface area contributed by atoms with Gasteiger partial charge in [0.25, 0.3) is 0 Å². The van der Waals surface area contributed by atoms with Gasteiger partial charge in [0.1, 0.15) is 0 Å². The zero-order valence-electron chi connectivity index (χ0n) is 12.8. The lowest BCUT2D eigenvalue weighted by atomic mass is 10.1. The van der Waals surface area contributed by atoms with Crippen LogP contribution in [0.1, 0.15) is 34.5 Å². The van der Waals surface area contributed by atoms with Crippen LogP contribution >= 0.6 is 0 Å². The van der Waals surface area contributed by atoms with Crippen molar-refractivity contribution in [3.63, 3.8) is 0 Å². The molecule has 3 rings (SSSR count). The number of hydrogen-bond donors (Lipinski definition) is 1. The monoisotopic (exact) mass is 284 g/mol. The number of nitrogens with zero attached hydrogens (tertiary/aromatic N) is 2. The van der Waals surface area contributed by atoms with Gasteiger partial charge in [0.15, 0.2) is 0 Å². The number of nitrogens with two attached hydrogens (primary N) is 1. The number of aryl methyl sites for hydroxylation is 1. The van der Waals surface area contributed by atoms with Crippen molar-refractivity contribution in [2.24, 2.45) is 5.73 Å². The highest BCUT2D eigenvalue weighted by atomic mass is 16.1. The Balaban J connectivity index is 2.00. The zero-order chi connectivity index (χ0) is 15.0. The van der Waals surface area contributed by atoms with Gasteiger partial charge in [-0.15, -0.1) is 0 Å². The van der Waals surface area contributed by atoms with Gasteiger partial charge >= 0.3 is 0 Å². The molecule has 4 nitrogen and oxygen atoms in total. The summed E-state index contributed by atoms with van der Waals surface area (Å²) in [6, 6.07) is 6.82. The van der Waals surface area contributed by atoms with E-state index < -0.39 is 5.91 Å². The van der Waals surface area contributed by atoms with Crippen LogP contribution in [0.3, 0.4) is 0 Å². The number of carbonyl (C=O) groups is 1. The number of primary amides is 1. The Bertz CT molecular complexity index is 681. The van der Waals surface area contributed by atoms with Gasteiger partial charge in [-0.1, -0.05) is 6.07 Å². The van der Waals surface area contributed by atoms with Crippen molar-refractivity contribution >= 4 is 16.8 Å².